The molecule has 0 fully saturated rings. The maximum atomic E-state index is 5.26. The minimum absolute atomic E-state index is 0.936. The molecule has 0 N–H and O–H groups in total. The molecule has 0 atom stereocenters. The Labute approximate surface area is 67.4 Å². The van der Waals surface area contributed by atoms with Crippen molar-refractivity contribution in [3.05, 3.63) is 48.5 Å². The van der Waals surface area contributed by atoms with Crippen molar-refractivity contribution in [2.45, 2.75) is 13.3 Å². The monoisotopic (exact) mass is 148 g/mol. The number of rotatable bonds is 1. The highest BCUT2D eigenvalue weighted by Gasteiger charge is 2.05. The van der Waals surface area contributed by atoms with Crippen molar-refractivity contribution in [2.24, 2.45) is 0 Å². The van der Waals surface area contributed by atoms with E-state index in [2.05, 4.69) is 6.58 Å². The van der Waals surface area contributed by atoms with Gasteiger partial charge in [0, 0.05) is 0 Å². The molecular weight excluding hydrogens is 136 g/mol. The Morgan fingerprint density at radius 2 is 2.45 bits per heavy atom. The van der Waals surface area contributed by atoms with E-state index in [1.807, 2.05) is 25.2 Å². The second-order valence-electron chi connectivity index (χ2n) is 2.27. The summed E-state index contributed by atoms with van der Waals surface area (Å²) in [6.07, 6.45) is 10.4. The summed E-state index contributed by atoms with van der Waals surface area (Å²) in [4.78, 5) is 0. The van der Waals surface area contributed by atoms with Gasteiger partial charge in [-0.2, -0.15) is 0 Å². The molecule has 0 radical (unpaired) electrons. The van der Waals surface area contributed by atoms with E-state index in [1.54, 1.807) is 12.3 Å². The van der Waals surface area contributed by atoms with Crippen molar-refractivity contribution in [3.63, 3.8) is 0 Å². The Kier molecular flexibility index (Phi) is 2.73. The lowest BCUT2D eigenvalue weighted by Crippen LogP contribution is -1.95. The molecule has 0 aromatic carbocycles. The molecule has 0 unspecified atom stereocenters. The lowest BCUT2D eigenvalue weighted by molar-refractivity contribution is 0.347. The number of ether oxygens (including phenoxy) is 1. The number of allylic oxidation sites excluding steroid dienone is 5. The first-order chi connectivity index (χ1) is 5.38. The predicted molar refractivity (Wildman–Crippen MR) is 46.9 cm³/mol. The third-order valence-electron chi connectivity index (χ3n) is 1.53. The van der Waals surface area contributed by atoms with Gasteiger partial charge in [0.25, 0.3) is 0 Å². The molecule has 11 heavy (non-hydrogen) atoms. The van der Waals surface area contributed by atoms with Crippen LogP contribution in [0.25, 0.3) is 0 Å². The minimum Gasteiger partial charge on any atom is -0.465 e. The highest BCUT2D eigenvalue weighted by molar-refractivity contribution is 5.32. The Morgan fingerprint density at radius 3 is 3.09 bits per heavy atom. The highest BCUT2D eigenvalue weighted by Crippen LogP contribution is 2.20. The van der Waals surface area contributed by atoms with Gasteiger partial charge in [-0.1, -0.05) is 18.7 Å². The summed E-state index contributed by atoms with van der Waals surface area (Å²) >= 11 is 0. The van der Waals surface area contributed by atoms with Gasteiger partial charge < -0.3 is 4.74 Å². The quantitative estimate of drug-likeness (QED) is 0.555. The summed E-state index contributed by atoms with van der Waals surface area (Å²) in [6.45, 7) is 5.60. The summed E-state index contributed by atoms with van der Waals surface area (Å²) in [6, 6.07) is 0. The largest absolute Gasteiger partial charge is 0.465 e. The molecule has 0 aromatic heterocycles. The fourth-order valence-corrected chi connectivity index (χ4v) is 1.02. The fraction of sp³-hybridized carbons (Fsp3) is 0.200. The number of hydrogen-bond acceptors (Lipinski definition) is 1. The van der Waals surface area contributed by atoms with Crippen LogP contribution in [-0.4, -0.2) is 0 Å². The van der Waals surface area contributed by atoms with Gasteiger partial charge in [0.05, 0.1) is 6.26 Å². The summed E-state index contributed by atoms with van der Waals surface area (Å²) < 4.78 is 5.26. The van der Waals surface area contributed by atoms with Crippen molar-refractivity contribution in [1.29, 1.82) is 0 Å². The Hall–Kier alpha value is -1.24. The molecule has 1 rings (SSSR count). The third kappa shape index (κ3) is 1.84. The molecular formula is C10H12O. The van der Waals surface area contributed by atoms with Crippen LogP contribution < -0.4 is 0 Å². The topological polar surface area (TPSA) is 9.23 Å². The number of hydrogen-bond donors (Lipinski definition) is 0. The average molecular weight is 148 g/mol. The van der Waals surface area contributed by atoms with Gasteiger partial charge in [-0.3, -0.25) is 0 Å². The molecule has 0 spiro atoms. The first-order valence-electron chi connectivity index (χ1n) is 3.68. The van der Waals surface area contributed by atoms with Crippen LogP contribution in [0.5, 0.6) is 0 Å². The molecule has 1 aliphatic rings. The molecule has 58 valence electrons. The SMILES string of the molecule is C=C/C=C1/CC=CO/C1=C/C. The third-order valence-corrected chi connectivity index (χ3v) is 1.53. The standard InChI is InChI=1S/C10H12O/c1-3-6-9-7-5-8-11-10(9)4-2/h3-6,8H,1,7H2,2H3/b9-6-,10-4+. The maximum Gasteiger partial charge on any atom is 0.125 e. The van der Waals surface area contributed by atoms with Gasteiger partial charge in [0.1, 0.15) is 5.76 Å². The molecule has 0 amide bonds. The highest BCUT2D eigenvalue weighted by atomic mass is 16.5. The summed E-state index contributed by atoms with van der Waals surface area (Å²) in [5.41, 5.74) is 1.19. The predicted octanol–water partition coefficient (Wildman–Crippen LogP) is 2.94. The lowest BCUT2D eigenvalue weighted by Gasteiger charge is -2.12. The first-order valence-corrected chi connectivity index (χ1v) is 3.68. The van der Waals surface area contributed by atoms with E-state index < -0.39 is 0 Å². The fourth-order valence-electron chi connectivity index (χ4n) is 1.02. The molecule has 0 aliphatic carbocycles. The summed E-state index contributed by atoms with van der Waals surface area (Å²) in [5, 5.41) is 0. The van der Waals surface area contributed by atoms with E-state index in [-0.39, 0.29) is 0 Å². The van der Waals surface area contributed by atoms with E-state index >= 15 is 0 Å². The van der Waals surface area contributed by atoms with Gasteiger partial charge in [0.15, 0.2) is 0 Å². The van der Waals surface area contributed by atoms with E-state index in [9.17, 15) is 0 Å². The van der Waals surface area contributed by atoms with E-state index in [0.29, 0.717) is 0 Å². The second-order valence-corrected chi connectivity index (χ2v) is 2.27. The van der Waals surface area contributed by atoms with Crippen molar-refractivity contribution in [2.75, 3.05) is 0 Å². The van der Waals surface area contributed by atoms with Crippen LogP contribution in [-0.2, 0) is 4.74 Å². The summed E-state index contributed by atoms with van der Waals surface area (Å²) in [7, 11) is 0. The molecule has 1 heterocycles. The smallest absolute Gasteiger partial charge is 0.125 e. The molecule has 1 heteroatoms. The van der Waals surface area contributed by atoms with Crippen molar-refractivity contribution in [1.82, 2.24) is 0 Å². The lowest BCUT2D eigenvalue weighted by atomic mass is 10.1. The van der Waals surface area contributed by atoms with Crippen LogP contribution >= 0.6 is 0 Å². The van der Waals surface area contributed by atoms with E-state index in [1.165, 1.54) is 5.57 Å². The zero-order chi connectivity index (χ0) is 8.10. The Morgan fingerprint density at radius 1 is 1.64 bits per heavy atom. The van der Waals surface area contributed by atoms with Crippen molar-refractivity contribution < 1.29 is 4.74 Å². The zero-order valence-corrected chi connectivity index (χ0v) is 6.71. The van der Waals surface area contributed by atoms with Gasteiger partial charge in [0.2, 0.25) is 0 Å². The molecule has 0 bridgehead atoms. The summed E-state index contributed by atoms with van der Waals surface area (Å²) in [5.74, 6) is 0.937. The molecule has 1 nitrogen and oxygen atoms in total. The van der Waals surface area contributed by atoms with Crippen molar-refractivity contribution >= 4 is 0 Å². The van der Waals surface area contributed by atoms with E-state index in [0.717, 1.165) is 12.2 Å². The maximum absolute atomic E-state index is 5.26. The van der Waals surface area contributed by atoms with Gasteiger partial charge in [-0.15, -0.1) is 0 Å². The average Bonchev–Trinajstić information content (AvgIpc) is 2.06. The van der Waals surface area contributed by atoms with Crippen LogP contribution in [0, 0.1) is 0 Å². The van der Waals surface area contributed by atoms with Crippen LogP contribution in [0.2, 0.25) is 0 Å². The Balaban J connectivity index is 2.86. The first kappa shape index (κ1) is 7.86. The van der Waals surface area contributed by atoms with Crippen LogP contribution in [0.4, 0.5) is 0 Å². The second kappa shape index (κ2) is 3.81. The molecule has 0 saturated heterocycles. The van der Waals surface area contributed by atoms with Crippen LogP contribution in [0.15, 0.2) is 48.5 Å². The minimum atomic E-state index is 0.936. The van der Waals surface area contributed by atoms with Crippen LogP contribution in [0.3, 0.4) is 0 Å². The van der Waals surface area contributed by atoms with Gasteiger partial charge in [-0.05, 0) is 31.1 Å². The Bertz CT molecular complexity index is 231. The molecule has 1 aliphatic heterocycles. The molecule has 0 saturated carbocycles. The zero-order valence-electron chi connectivity index (χ0n) is 6.71. The van der Waals surface area contributed by atoms with Gasteiger partial charge in [-0.25, -0.2) is 0 Å². The van der Waals surface area contributed by atoms with Crippen LogP contribution in [0.1, 0.15) is 13.3 Å². The van der Waals surface area contributed by atoms with E-state index in [4.69, 9.17) is 4.74 Å². The van der Waals surface area contributed by atoms with Gasteiger partial charge >= 0.3 is 0 Å². The van der Waals surface area contributed by atoms with Crippen molar-refractivity contribution in [3.8, 4) is 0 Å². The normalized spacial score (nSPS) is 23.7. The molecule has 0 aromatic rings.